The molecule has 1 aromatic carbocycles. The van der Waals surface area contributed by atoms with Gasteiger partial charge in [0.05, 0.1) is 0 Å². The van der Waals surface area contributed by atoms with E-state index in [1.165, 1.54) is 0 Å². The average Bonchev–Trinajstić information content (AvgIpc) is 2.38. The number of benzene rings is 1. The van der Waals surface area contributed by atoms with Crippen LogP contribution in [0.1, 0.15) is 5.56 Å². The molecule has 3 nitrogen and oxygen atoms in total. The maximum Gasteiger partial charge on any atom is 0.190 e. The number of nitrogens with zero attached hydrogens (tertiary/aromatic N) is 2. The Hall–Kier alpha value is -2.16. The Bertz CT molecular complexity index is 466. The first kappa shape index (κ1) is 10.4. The zero-order chi connectivity index (χ0) is 11.2. The summed E-state index contributed by atoms with van der Waals surface area (Å²) in [6.45, 7) is 0.494. The molecule has 80 valence electrons. The molecule has 0 saturated heterocycles. The maximum atomic E-state index is 10.8. The number of hydrogen-bond acceptors (Lipinski definition) is 2. The van der Waals surface area contributed by atoms with Crippen LogP contribution in [0.5, 0.6) is 0 Å². The maximum absolute atomic E-state index is 10.8. The van der Waals surface area contributed by atoms with Crippen molar-refractivity contribution < 1.29 is 4.57 Å². The molecule has 0 aliphatic heterocycles. The van der Waals surface area contributed by atoms with Crippen LogP contribution >= 0.6 is 0 Å². The average molecular weight is 212 g/mol. The highest BCUT2D eigenvalue weighted by molar-refractivity contribution is 5.99. The van der Waals surface area contributed by atoms with Crippen molar-refractivity contribution in [2.45, 2.75) is 6.54 Å². The Balaban J connectivity index is 2.20. The zero-order valence-corrected chi connectivity index (χ0v) is 8.78. The van der Waals surface area contributed by atoms with E-state index in [2.05, 4.69) is 5.16 Å². The smallest absolute Gasteiger partial charge is 0.190 e. The van der Waals surface area contributed by atoms with Gasteiger partial charge in [-0.15, -0.1) is 0 Å². The summed E-state index contributed by atoms with van der Waals surface area (Å²) in [6, 6.07) is 15.3. The first-order chi connectivity index (χ1) is 7.90. The molecule has 0 atom stereocenters. The highest BCUT2D eigenvalue weighted by Crippen LogP contribution is 2.01. The third-order valence-electron chi connectivity index (χ3n) is 2.33. The van der Waals surface area contributed by atoms with Gasteiger partial charge in [0.15, 0.2) is 18.9 Å². The molecule has 0 amide bonds. The van der Waals surface area contributed by atoms with Gasteiger partial charge in [-0.2, -0.15) is 4.57 Å². The van der Waals surface area contributed by atoms with Crippen LogP contribution in [-0.4, -0.2) is 5.71 Å². The van der Waals surface area contributed by atoms with Crippen LogP contribution in [0, 0.1) is 5.21 Å². The predicted octanol–water partition coefficient (Wildman–Crippen LogP) is 1.96. The fraction of sp³-hybridized carbons (Fsp3) is 0.0769. The largest absolute Gasteiger partial charge is 0.792 e. The van der Waals surface area contributed by atoms with E-state index in [-0.39, 0.29) is 0 Å². The standard InChI is InChI=1S/C13H12N2O/c16-14-13(12-7-3-1-4-8-12)11-15-9-5-2-6-10-15/h1-10H,11H2/b14-13-. The second-order valence-corrected chi connectivity index (χ2v) is 3.45. The van der Waals surface area contributed by atoms with Gasteiger partial charge in [-0.05, 0) is 0 Å². The van der Waals surface area contributed by atoms with Crippen LogP contribution in [0.4, 0.5) is 0 Å². The van der Waals surface area contributed by atoms with E-state index in [4.69, 9.17) is 0 Å². The van der Waals surface area contributed by atoms with E-state index in [0.29, 0.717) is 12.3 Å². The van der Waals surface area contributed by atoms with Crippen molar-refractivity contribution in [1.29, 1.82) is 0 Å². The van der Waals surface area contributed by atoms with Gasteiger partial charge in [-0.25, -0.2) is 0 Å². The minimum Gasteiger partial charge on any atom is -0.792 e. The monoisotopic (exact) mass is 212 g/mol. The van der Waals surface area contributed by atoms with Gasteiger partial charge in [0.25, 0.3) is 0 Å². The van der Waals surface area contributed by atoms with Crippen molar-refractivity contribution in [1.82, 2.24) is 0 Å². The lowest BCUT2D eigenvalue weighted by atomic mass is 10.1. The van der Waals surface area contributed by atoms with E-state index in [1.54, 1.807) is 0 Å². The highest BCUT2D eigenvalue weighted by atomic mass is 16.4. The molecule has 1 heterocycles. The molecule has 0 saturated carbocycles. The first-order valence-corrected chi connectivity index (χ1v) is 5.09. The molecule has 0 N–H and O–H groups in total. The molecule has 16 heavy (non-hydrogen) atoms. The molecule has 2 aromatic rings. The van der Waals surface area contributed by atoms with E-state index >= 15 is 0 Å². The number of aromatic nitrogens is 1. The third-order valence-corrected chi connectivity index (χ3v) is 2.33. The molecule has 1 aromatic heterocycles. The van der Waals surface area contributed by atoms with Crippen LogP contribution < -0.4 is 4.57 Å². The van der Waals surface area contributed by atoms with Gasteiger partial charge >= 0.3 is 0 Å². The van der Waals surface area contributed by atoms with Crippen LogP contribution in [0.3, 0.4) is 0 Å². The lowest BCUT2D eigenvalue weighted by molar-refractivity contribution is -0.681. The lowest BCUT2D eigenvalue weighted by Gasteiger charge is -2.05. The van der Waals surface area contributed by atoms with Gasteiger partial charge in [0, 0.05) is 17.7 Å². The van der Waals surface area contributed by atoms with Crippen LogP contribution in [0.2, 0.25) is 0 Å². The SMILES string of the molecule is [O-]/N=C(/C[n+]1ccccc1)c1ccccc1. The molecular weight excluding hydrogens is 200 g/mol. The normalized spacial score (nSPS) is 11.4. The molecule has 0 fully saturated rings. The molecule has 0 radical (unpaired) electrons. The summed E-state index contributed by atoms with van der Waals surface area (Å²) in [5.41, 5.74) is 1.41. The Labute approximate surface area is 94.3 Å². The van der Waals surface area contributed by atoms with Gasteiger partial charge in [-0.3, -0.25) is 0 Å². The molecule has 0 bridgehead atoms. The summed E-state index contributed by atoms with van der Waals surface area (Å²) in [7, 11) is 0. The van der Waals surface area contributed by atoms with Crippen molar-refractivity contribution in [2.24, 2.45) is 5.16 Å². The summed E-state index contributed by atoms with van der Waals surface area (Å²) in [5.74, 6) is 0. The van der Waals surface area contributed by atoms with Crippen LogP contribution in [0.15, 0.2) is 66.1 Å². The van der Waals surface area contributed by atoms with Crippen LogP contribution in [0.25, 0.3) is 0 Å². The number of pyridine rings is 1. The van der Waals surface area contributed by atoms with Gasteiger partial charge in [-0.1, -0.05) is 36.4 Å². The van der Waals surface area contributed by atoms with Crippen molar-refractivity contribution in [3.8, 4) is 0 Å². The molecule has 0 unspecified atom stereocenters. The van der Waals surface area contributed by atoms with Crippen molar-refractivity contribution in [2.75, 3.05) is 0 Å². The lowest BCUT2D eigenvalue weighted by Crippen LogP contribution is -2.37. The van der Waals surface area contributed by atoms with E-state index in [9.17, 15) is 5.21 Å². The van der Waals surface area contributed by atoms with Crippen molar-refractivity contribution in [3.05, 3.63) is 71.7 Å². The molecule has 0 aliphatic rings. The van der Waals surface area contributed by atoms with Gasteiger partial charge in [0.1, 0.15) is 5.71 Å². The highest BCUT2D eigenvalue weighted by Gasteiger charge is 2.06. The van der Waals surface area contributed by atoms with E-state index < -0.39 is 0 Å². The summed E-state index contributed by atoms with van der Waals surface area (Å²) in [4.78, 5) is 0. The first-order valence-electron chi connectivity index (χ1n) is 5.09. The Morgan fingerprint density at radius 3 is 2.25 bits per heavy atom. The topological polar surface area (TPSA) is 39.3 Å². The fourth-order valence-electron chi connectivity index (χ4n) is 1.52. The number of hydrogen-bond donors (Lipinski definition) is 0. The molecule has 0 aliphatic carbocycles. The summed E-state index contributed by atoms with van der Waals surface area (Å²) < 4.78 is 1.92. The van der Waals surface area contributed by atoms with E-state index in [1.807, 2.05) is 65.5 Å². The summed E-state index contributed by atoms with van der Waals surface area (Å²) >= 11 is 0. The molecule has 3 heteroatoms. The molecular formula is C13H12N2O. The Morgan fingerprint density at radius 2 is 1.62 bits per heavy atom. The second-order valence-electron chi connectivity index (χ2n) is 3.45. The minimum absolute atomic E-state index is 0.494. The Morgan fingerprint density at radius 1 is 1.00 bits per heavy atom. The van der Waals surface area contributed by atoms with Gasteiger partial charge in [0.2, 0.25) is 0 Å². The van der Waals surface area contributed by atoms with Gasteiger partial charge < -0.3 is 10.4 Å². The quantitative estimate of drug-likeness (QED) is 0.435. The Kier molecular flexibility index (Phi) is 3.28. The zero-order valence-electron chi connectivity index (χ0n) is 8.78. The predicted molar refractivity (Wildman–Crippen MR) is 63.0 cm³/mol. The minimum atomic E-state index is 0.494. The third kappa shape index (κ3) is 2.45. The van der Waals surface area contributed by atoms with Crippen molar-refractivity contribution >= 4 is 5.71 Å². The number of rotatable bonds is 3. The van der Waals surface area contributed by atoms with Crippen molar-refractivity contribution in [3.63, 3.8) is 0 Å². The fourth-order valence-corrected chi connectivity index (χ4v) is 1.52. The molecule has 0 spiro atoms. The molecule has 2 rings (SSSR count). The second kappa shape index (κ2) is 5.07. The summed E-state index contributed by atoms with van der Waals surface area (Å²) in [6.07, 6.45) is 3.82. The van der Waals surface area contributed by atoms with E-state index in [0.717, 1.165) is 5.56 Å². The van der Waals surface area contributed by atoms with Crippen LogP contribution in [-0.2, 0) is 6.54 Å². The summed E-state index contributed by atoms with van der Waals surface area (Å²) in [5, 5.41) is 13.9.